The van der Waals surface area contributed by atoms with Crippen LogP contribution >= 0.6 is 24.8 Å². The fourth-order valence-electron chi connectivity index (χ4n) is 2.68. The van der Waals surface area contributed by atoms with Gasteiger partial charge in [0, 0.05) is 17.3 Å². The minimum Gasteiger partial charge on any atom is -0.352 e. The maximum atomic E-state index is 12.5. The lowest BCUT2D eigenvalue weighted by Crippen LogP contribution is -2.27. The zero-order valence-electron chi connectivity index (χ0n) is 14.4. The molecule has 1 heterocycles. The number of rotatable bonds is 5. The van der Waals surface area contributed by atoms with E-state index in [0.717, 1.165) is 34.8 Å². The molecule has 1 amide bonds. The summed E-state index contributed by atoms with van der Waals surface area (Å²) in [6, 6.07) is 15.8. The minimum absolute atomic E-state index is 0. The normalized spacial score (nSPS) is 10.4. The monoisotopic (exact) mass is 379 g/mol. The van der Waals surface area contributed by atoms with Crippen LogP contribution in [0.3, 0.4) is 0 Å². The van der Waals surface area contributed by atoms with Crippen LogP contribution in [0, 0.1) is 0 Å². The minimum atomic E-state index is -0.0582. The summed E-state index contributed by atoms with van der Waals surface area (Å²) in [6.07, 6.45) is 0.930. The fraction of sp³-hybridized carbons (Fsp3) is 0.263. The SMILES string of the molecule is CN(C)CCCNC(=O)c1cccc2cc3ccccc3nc12.Cl.Cl. The zero-order chi connectivity index (χ0) is 16.2. The maximum absolute atomic E-state index is 12.5. The molecule has 3 rings (SSSR count). The van der Waals surface area contributed by atoms with E-state index in [4.69, 9.17) is 0 Å². The van der Waals surface area contributed by atoms with Crippen molar-refractivity contribution in [3.8, 4) is 0 Å². The number of pyridine rings is 1. The van der Waals surface area contributed by atoms with Gasteiger partial charge in [-0.15, -0.1) is 24.8 Å². The highest BCUT2D eigenvalue weighted by Gasteiger charge is 2.11. The molecular formula is C19H23Cl2N3O. The number of halogens is 2. The van der Waals surface area contributed by atoms with Crippen molar-refractivity contribution in [3.05, 3.63) is 54.1 Å². The predicted octanol–water partition coefficient (Wildman–Crippen LogP) is 3.91. The molecule has 0 aliphatic carbocycles. The number of hydrogen-bond acceptors (Lipinski definition) is 3. The van der Waals surface area contributed by atoms with E-state index in [9.17, 15) is 4.79 Å². The fourth-order valence-corrected chi connectivity index (χ4v) is 2.68. The molecule has 3 aromatic rings. The van der Waals surface area contributed by atoms with Crippen molar-refractivity contribution in [1.82, 2.24) is 15.2 Å². The summed E-state index contributed by atoms with van der Waals surface area (Å²) in [5.41, 5.74) is 2.31. The van der Waals surface area contributed by atoms with Gasteiger partial charge in [0.05, 0.1) is 16.6 Å². The summed E-state index contributed by atoms with van der Waals surface area (Å²) in [5, 5.41) is 5.07. The number of para-hydroxylation sites is 2. The van der Waals surface area contributed by atoms with Crippen LogP contribution in [-0.2, 0) is 0 Å². The molecule has 0 spiro atoms. The number of amides is 1. The molecule has 0 unspecified atom stereocenters. The van der Waals surface area contributed by atoms with Crippen LogP contribution in [0.25, 0.3) is 21.8 Å². The summed E-state index contributed by atoms with van der Waals surface area (Å²) in [7, 11) is 4.06. The van der Waals surface area contributed by atoms with Crippen molar-refractivity contribution < 1.29 is 4.79 Å². The van der Waals surface area contributed by atoms with Gasteiger partial charge in [0.2, 0.25) is 0 Å². The third kappa shape index (κ3) is 5.05. The number of fused-ring (bicyclic) bond motifs is 2. The average Bonchev–Trinajstić information content (AvgIpc) is 2.56. The third-order valence-electron chi connectivity index (χ3n) is 3.86. The Balaban J connectivity index is 0.00000156. The van der Waals surface area contributed by atoms with E-state index in [-0.39, 0.29) is 30.7 Å². The van der Waals surface area contributed by atoms with E-state index < -0.39 is 0 Å². The number of benzene rings is 2. The topological polar surface area (TPSA) is 45.2 Å². The number of carbonyl (C=O) groups is 1. The van der Waals surface area contributed by atoms with Gasteiger partial charge < -0.3 is 10.2 Å². The Bertz CT molecular complexity index is 852. The largest absolute Gasteiger partial charge is 0.352 e. The van der Waals surface area contributed by atoms with Crippen molar-refractivity contribution in [3.63, 3.8) is 0 Å². The molecule has 4 nitrogen and oxygen atoms in total. The van der Waals surface area contributed by atoms with Gasteiger partial charge in [0.15, 0.2) is 0 Å². The first-order valence-electron chi connectivity index (χ1n) is 7.86. The molecule has 25 heavy (non-hydrogen) atoms. The second kappa shape index (κ2) is 9.56. The van der Waals surface area contributed by atoms with Crippen LogP contribution in [0.4, 0.5) is 0 Å². The molecule has 134 valence electrons. The van der Waals surface area contributed by atoms with Crippen molar-refractivity contribution in [2.75, 3.05) is 27.2 Å². The highest BCUT2D eigenvalue weighted by atomic mass is 35.5. The van der Waals surface area contributed by atoms with E-state index in [1.807, 2.05) is 56.6 Å². The molecule has 0 aliphatic heterocycles. The second-order valence-electron chi connectivity index (χ2n) is 5.97. The first-order valence-corrected chi connectivity index (χ1v) is 7.86. The highest BCUT2D eigenvalue weighted by molar-refractivity contribution is 6.07. The Morgan fingerprint density at radius 3 is 2.52 bits per heavy atom. The van der Waals surface area contributed by atoms with Crippen LogP contribution in [-0.4, -0.2) is 43.0 Å². The Morgan fingerprint density at radius 1 is 1.04 bits per heavy atom. The van der Waals surface area contributed by atoms with E-state index in [2.05, 4.69) is 21.3 Å². The van der Waals surface area contributed by atoms with Crippen molar-refractivity contribution in [1.29, 1.82) is 0 Å². The summed E-state index contributed by atoms with van der Waals surface area (Å²) >= 11 is 0. The molecule has 1 N–H and O–H groups in total. The smallest absolute Gasteiger partial charge is 0.253 e. The van der Waals surface area contributed by atoms with E-state index in [1.54, 1.807) is 0 Å². The van der Waals surface area contributed by atoms with Crippen LogP contribution < -0.4 is 5.32 Å². The van der Waals surface area contributed by atoms with Crippen LogP contribution in [0.2, 0.25) is 0 Å². The molecule has 0 atom stereocenters. The van der Waals surface area contributed by atoms with Crippen LogP contribution in [0.1, 0.15) is 16.8 Å². The number of hydrogen-bond donors (Lipinski definition) is 1. The average molecular weight is 380 g/mol. The standard InChI is InChI=1S/C19H21N3O.2ClH/c1-22(2)12-6-11-20-19(23)16-9-5-8-15-13-14-7-3-4-10-17(14)21-18(15)16;;/h3-5,7-10,13H,6,11-12H2,1-2H3,(H,20,23);2*1H. The highest BCUT2D eigenvalue weighted by Crippen LogP contribution is 2.22. The quantitative estimate of drug-likeness (QED) is 0.539. The number of nitrogens with one attached hydrogen (secondary N) is 1. The van der Waals surface area contributed by atoms with Gasteiger partial charge in [0.25, 0.3) is 5.91 Å². The first kappa shape index (κ1) is 21.2. The Hall–Kier alpha value is -1.88. The zero-order valence-corrected chi connectivity index (χ0v) is 16.0. The molecule has 2 aromatic carbocycles. The number of nitrogens with zero attached hydrogens (tertiary/aromatic N) is 2. The van der Waals surface area contributed by atoms with Gasteiger partial charge in [-0.2, -0.15) is 0 Å². The molecule has 0 bridgehead atoms. The van der Waals surface area contributed by atoms with Gasteiger partial charge >= 0.3 is 0 Å². The molecule has 0 radical (unpaired) electrons. The molecule has 0 aliphatic rings. The summed E-state index contributed by atoms with van der Waals surface area (Å²) in [4.78, 5) is 19.3. The predicted molar refractivity (Wildman–Crippen MR) is 109 cm³/mol. The number of aromatic nitrogens is 1. The second-order valence-corrected chi connectivity index (χ2v) is 5.97. The molecule has 0 saturated carbocycles. The molecule has 6 heteroatoms. The Morgan fingerprint density at radius 2 is 1.76 bits per heavy atom. The van der Waals surface area contributed by atoms with Crippen molar-refractivity contribution in [2.24, 2.45) is 0 Å². The summed E-state index contributed by atoms with van der Waals surface area (Å²) in [5.74, 6) is -0.0582. The van der Waals surface area contributed by atoms with Gasteiger partial charge in [-0.25, -0.2) is 4.98 Å². The molecule has 0 fully saturated rings. The van der Waals surface area contributed by atoms with Gasteiger partial charge in [-0.1, -0.05) is 30.3 Å². The lowest BCUT2D eigenvalue weighted by atomic mass is 10.1. The van der Waals surface area contributed by atoms with Crippen molar-refractivity contribution >= 4 is 52.5 Å². The van der Waals surface area contributed by atoms with Crippen molar-refractivity contribution in [2.45, 2.75) is 6.42 Å². The van der Waals surface area contributed by atoms with Crippen LogP contribution in [0.5, 0.6) is 0 Å². The third-order valence-corrected chi connectivity index (χ3v) is 3.86. The van der Waals surface area contributed by atoms with E-state index in [1.165, 1.54) is 0 Å². The number of carbonyl (C=O) groups excluding carboxylic acids is 1. The Kier molecular flexibility index (Phi) is 8.10. The van der Waals surface area contributed by atoms with Gasteiger partial charge in [-0.3, -0.25) is 4.79 Å². The van der Waals surface area contributed by atoms with E-state index in [0.29, 0.717) is 12.1 Å². The lowest BCUT2D eigenvalue weighted by molar-refractivity contribution is 0.0954. The van der Waals surface area contributed by atoms with Crippen LogP contribution in [0.15, 0.2) is 48.5 Å². The van der Waals surface area contributed by atoms with E-state index >= 15 is 0 Å². The molecule has 0 saturated heterocycles. The first-order chi connectivity index (χ1) is 11.1. The van der Waals surface area contributed by atoms with Gasteiger partial charge in [0.1, 0.15) is 0 Å². The molecular weight excluding hydrogens is 357 g/mol. The maximum Gasteiger partial charge on any atom is 0.253 e. The summed E-state index contributed by atoms with van der Waals surface area (Å²) in [6.45, 7) is 1.62. The summed E-state index contributed by atoms with van der Waals surface area (Å²) < 4.78 is 0. The Labute approximate surface area is 160 Å². The van der Waals surface area contributed by atoms with Gasteiger partial charge in [-0.05, 0) is 45.3 Å². The molecule has 1 aromatic heterocycles. The lowest BCUT2D eigenvalue weighted by Gasteiger charge is -2.11.